The zero-order valence-corrected chi connectivity index (χ0v) is 8.82. The number of nitriles is 1. The van der Waals surface area contributed by atoms with Crippen LogP contribution in [0.25, 0.3) is 0 Å². The Morgan fingerprint density at radius 1 is 1.33 bits per heavy atom. The van der Waals surface area contributed by atoms with Crippen LogP contribution in [-0.4, -0.2) is 6.61 Å². The first-order valence-electron chi connectivity index (χ1n) is 3.84. The van der Waals surface area contributed by atoms with E-state index in [0.717, 1.165) is 0 Å². The van der Waals surface area contributed by atoms with E-state index in [2.05, 4.69) is 4.74 Å². The summed E-state index contributed by atoms with van der Waals surface area (Å²) >= 11 is 11.3. The number of halogens is 4. The maximum atomic E-state index is 11.9. The highest BCUT2D eigenvalue weighted by Crippen LogP contribution is 2.35. The lowest BCUT2D eigenvalue weighted by Gasteiger charge is -2.09. The highest BCUT2D eigenvalue weighted by atomic mass is 35.5. The quantitative estimate of drug-likeness (QED) is 0.822. The maximum absolute atomic E-state index is 11.9. The number of rotatable bonds is 3. The van der Waals surface area contributed by atoms with E-state index in [-0.39, 0.29) is 22.2 Å². The van der Waals surface area contributed by atoms with Crippen molar-refractivity contribution < 1.29 is 13.5 Å². The summed E-state index contributed by atoms with van der Waals surface area (Å²) in [6.45, 7) is -2.98. The van der Waals surface area contributed by atoms with Crippen LogP contribution in [0.5, 0.6) is 5.75 Å². The van der Waals surface area contributed by atoms with E-state index >= 15 is 0 Å². The Labute approximate surface area is 95.0 Å². The molecule has 1 aromatic rings. The van der Waals surface area contributed by atoms with Crippen molar-refractivity contribution in [3.8, 4) is 11.8 Å². The van der Waals surface area contributed by atoms with Gasteiger partial charge in [0.1, 0.15) is 0 Å². The van der Waals surface area contributed by atoms with Gasteiger partial charge in [0, 0.05) is 0 Å². The Bertz CT molecular complexity index is 381. The van der Waals surface area contributed by atoms with Crippen molar-refractivity contribution in [2.24, 2.45) is 0 Å². The molecule has 80 valence electrons. The standard InChI is InChI=1S/C9H5Cl2F2NO/c10-6-3-5(1-2-14)4-7(11)8(6)15-9(12)13/h3-4,9H,1H2. The minimum atomic E-state index is -2.98. The van der Waals surface area contributed by atoms with Gasteiger partial charge in [0.25, 0.3) is 0 Å². The SMILES string of the molecule is N#CCc1cc(Cl)c(OC(F)F)c(Cl)c1. The Morgan fingerprint density at radius 2 is 1.87 bits per heavy atom. The number of benzene rings is 1. The molecule has 0 heterocycles. The molecular formula is C9H5Cl2F2NO. The average molecular weight is 252 g/mol. The van der Waals surface area contributed by atoms with Crippen molar-refractivity contribution in [1.29, 1.82) is 5.26 Å². The third-order valence-electron chi connectivity index (χ3n) is 1.55. The summed E-state index contributed by atoms with van der Waals surface area (Å²) in [6, 6.07) is 4.63. The minimum absolute atomic E-state index is 0.0342. The number of hydrogen-bond donors (Lipinski definition) is 0. The van der Waals surface area contributed by atoms with Gasteiger partial charge in [-0.3, -0.25) is 0 Å². The number of nitrogens with zero attached hydrogens (tertiary/aromatic N) is 1. The lowest BCUT2D eigenvalue weighted by molar-refractivity contribution is -0.0497. The number of alkyl halides is 2. The second-order valence-electron chi connectivity index (χ2n) is 2.60. The van der Waals surface area contributed by atoms with Crippen molar-refractivity contribution in [3.05, 3.63) is 27.7 Å². The van der Waals surface area contributed by atoms with Crippen LogP contribution < -0.4 is 4.74 Å². The second kappa shape index (κ2) is 5.15. The molecule has 0 unspecified atom stereocenters. The topological polar surface area (TPSA) is 33.0 Å². The third-order valence-corrected chi connectivity index (χ3v) is 2.11. The molecule has 0 atom stereocenters. The van der Waals surface area contributed by atoms with Gasteiger partial charge >= 0.3 is 6.61 Å². The first-order valence-corrected chi connectivity index (χ1v) is 4.60. The lowest BCUT2D eigenvalue weighted by atomic mass is 10.1. The molecule has 15 heavy (non-hydrogen) atoms. The van der Waals surface area contributed by atoms with Gasteiger partial charge in [-0.05, 0) is 17.7 Å². The molecule has 2 nitrogen and oxygen atoms in total. The molecule has 1 rings (SSSR count). The molecule has 1 aromatic carbocycles. The van der Waals surface area contributed by atoms with Crippen molar-refractivity contribution in [1.82, 2.24) is 0 Å². The average Bonchev–Trinajstić information content (AvgIpc) is 2.11. The van der Waals surface area contributed by atoms with Crippen LogP contribution in [0.15, 0.2) is 12.1 Å². The van der Waals surface area contributed by atoms with Gasteiger partial charge in [0.05, 0.1) is 22.5 Å². The summed E-state index contributed by atoms with van der Waals surface area (Å²) in [7, 11) is 0. The van der Waals surface area contributed by atoms with E-state index < -0.39 is 6.61 Å². The molecule has 0 N–H and O–H groups in total. The summed E-state index contributed by atoms with van der Waals surface area (Å²) in [5, 5.41) is 8.36. The van der Waals surface area contributed by atoms with Gasteiger partial charge in [0.15, 0.2) is 5.75 Å². The van der Waals surface area contributed by atoms with Gasteiger partial charge in [0.2, 0.25) is 0 Å². The Balaban J connectivity index is 3.05. The van der Waals surface area contributed by atoms with E-state index in [1.54, 1.807) is 0 Å². The highest BCUT2D eigenvalue weighted by Gasteiger charge is 2.13. The van der Waals surface area contributed by atoms with Gasteiger partial charge in [-0.2, -0.15) is 14.0 Å². The van der Waals surface area contributed by atoms with Gasteiger partial charge in [-0.15, -0.1) is 0 Å². The second-order valence-corrected chi connectivity index (χ2v) is 3.42. The molecule has 0 saturated heterocycles. The summed E-state index contributed by atoms with van der Waals surface area (Å²) in [6.07, 6.45) is 0.106. The predicted octanol–water partition coefficient (Wildman–Crippen LogP) is 3.66. The van der Waals surface area contributed by atoms with Crippen LogP contribution in [0, 0.1) is 11.3 Å². The van der Waals surface area contributed by atoms with E-state index in [1.807, 2.05) is 6.07 Å². The molecule has 0 bridgehead atoms. The van der Waals surface area contributed by atoms with Gasteiger partial charge in [-0.1, -0.05) is 23.2 Å². The summed E-state index contributed by atoms with van der Waals surface area (Å²) in [4.78, 5) is 0. The third kappa shape index (κ3) is 3.22. The fourth-order valence-electron chi connectivity index (χ4n) is 1.01. The molecule has 6 heteroatoms. The first kappa shape index (κ1) is 12.0. The molecule has 0 spiro atoms. The monoisotopic (exact) mass is 251 g/mol. The summed E-state index contributed by atoms with van der Waals surface area (Å²) in [5.41, 5.74) is 0.550. The molecule has 0 aliphatic carbocycles. The van der Waals surface area contributed by atoms with E-state index in [4.69, 9.17) is 28.5 Å². The van der Waals surface area contributed by atoms with Crippen LogP contribution in [0.4, 0.5) is 8.78 Å². The normalized spacial score (nSPS) is 10.1. The summed E-state index contributed by atoms with van der Waals surface area (Å²) in [5.74, 6) is -0.268. The fraction of sp³-hybridized carbons (Fsp3) is 0.222. The highest BCUT2D eigenvalue weighted by molar-refractivity contribution is 6.37. The first-order chi connectivity index (χ1) is 7.04. The van der Waals surface area contributed by atoms with Crippen LogP contribution >= 0.6 is 23.2 Å². The molecule has 0 amide bonds. The minimum Gasteiger partial charge on any atom is -0.432 e. The van der Waals surface area contributed by atoms with Crippen LogP contribution in [0.2, 0.25) is 10.0 Å². The van der Waals surface area contributed by atoms with Crippen LogP contribution in [0.3, 0.4) is 0 Å². The molecular weight excluding hydrogens is 247 g/mol. The van der Waals surface area contributed by atoms with Crippen molar-refractivity contribution in [3.63, 3.8) is 0 Å². The van der Waals surface area contributed by atoms with E-state index in [1.165, 1.54) is 12.1 Å². The number of ether oxygens (including phenoxy) is 1. The maximum Gasteiger partial charge on any atom is 0.387 e. The molecule has 0 fully saturated rings. The fourth-order valence-corrected chi connectivity index (χ4v) is 1.63. The smallest absolute Gasteiger partial charge is 0.387 e. The molecule has 0 saturated carbocycles. The Kier molecular flexibility index (Phi) is 4.13. The summed E-state index contributed by atoms with van der Waals surface area (Å²) < 4.78 is 28.0. The Hall–Kier alpha value is -1.05. The number of hydrogen-bond acceptors (Lipinski definition) is 2. The molecule has 0 aromatic heterocycles. The largest absolute Gasteiger partial charge is 0.432 e. The van der Waals surface area contributed by atoms with Gasteiger partial charge < -0.3 is 4.74 Å². The molecule has 0 aliphatic rings. The zero-order valence-electron chi connectivity index (χ0n) is 7.31. The van der Waals surface area contributed by atoms with Crippen molar-refractivity contribution >= 4 is 23.2 Å². The zero-order chi connectivity index (χ0) is 11.4. The van der Waals surface area contributed by atoms with Crippen LogP contribution in [-0.2, 0) is 6.42 Å². The van der Waals surface area contributed by atoms with Crippen molar-refractivity contribution in [2.75, 3.05) is 0 Å². The Morgan fingerprint density at radius 3 is 2.27 bits per heavy atom. The lowest BCUT2D eigenvalue weighted by Crippen LogP contribution is -2.03. The van der Waals surface area contributed by atoms with E-state index in [9.17, 15) is 8.78 Å². The molecule has 0 radical (unpaired) electrons. The molecule has 0 aliphatic heterocycles. The van der Waals surface area contributed by atoms with Crippen molar-refractivity contribution in [2.45, 2.75) is 13.0 Å². The van der Waals surface area contributed by atoms with Gasteiger partial charge in [-0.25, -0.2) is 0 Å². The predicted molar refractivity (Wildman–Crippen MR) is 52.4 cm³/mol. The van der Waals surface area contributed by atoms with E-state index in [0.29, 0.717) is 5.56 Å². The van der Waals surface area contributed by atoms with Crippen LogP contribution in [0.1, 0.15) is 5.56 Å².